The Bertz CT molecular complexity index is 452. The van der Waals surface area contributed by atoms with Gasteiger partial charge < -0.3 is 5.32 Å². The third-order valence-electron chi connectivity index (χ3n) is 1.89. The maximum Gasteiger partial charge on any atom is 0.205 e. The molecule has 2 rings (SSSR count). The van der Waals surface area contributed by atoms with Crippen molar-refractivity contribution in [2.75, 3.05) is 11.9 Å². The molecule has 5 nitrogen and oxygen atoms in total. The van der Waals surface area contributed by atoms with E-state index in [4.69, 9.17) is 11.6 Å². The van der Waals surface area contributed by atoms with Gasteiger partial charge in [0.05, 0.1) is 17.8 Å². The van der Waals surface area contributed by atoms with Crippen molar-refractivity contribution >= 4 is 28.1 Å². The van der Waals surface area contributed by atoms with E-state index in [1.165, 1.54) is 11.3 Å². The first-order valence-corrected chi connectivity index (χ1v) is 6.21. The van der Waals surface area contributed by atoms with Crippen LogP contribution in [0.3, 0.4) is 0 Å². The molecule has 0 atom stereocenters. The van der Waals surface area contributed by atoms with Crippen molar-refractivity contribution in [2.45, 2.75) is 19.9 Å². The molecule has 0 spiro atoms. The molecular weight excluding hydrogens is 246 g/mol. The molecule has 0 saturated heterocycles. The monoisotopic (exact) mass is 257 g/mol. The van der Waals surface area contributed by atoms with Gasteiger partial charge in [0.15, 0.2) is 0 Å². The van der Waals surface area contributed by atoms with E-state index in [-0.39, 0.29) is 0 Å². The zero-order valence-electron chi connectivity index (χ0n) is 8.85. The molecule has 86 valence electrons. The Morgan fingerprint density at radius 1 is 1.50 bits per heavy atom. The molecule has 2 aromatic heterocycles. The Labute approximate surface area is 102 Å². The van der Waals surface area contributed by atoms with Gasteiger partial charge in [-0.15, -0.1) is 10.2 Å². The molecule has 0 aromatic carbocycles. The predicted octanol–water partition coefficient (Wildman–Crippen LogP) is 2.26. The standard InChI is InChI=1S/C9H12ClN5S/c1-2-3-11-9-14-13-8(16-9)6-15-5-7(10)4-12-15/h4-5H,2-3,6H2,1H3,(H,11,14). The van der Waals surface area contributed by atoms with Gasteiger partial charge in [-0.1, -0.05) is 29.9 Å². The first-order valence-electron chi connectivity index (χ1n) is 5.02. The van der Waals surface area contributed by atoms with E-state index in [9.17, 15) is 0 Å². The van der Waals surface area contributed by atoms with Crippen molar-refractivity contribution in [3.63, 3.8) is 0 Å². The molecule has 0 radical (unpaired) electrons. The minimum Gasteiger partial charge on any atom is -0.360 e. The molecule has 2 heterocycles. The summed E-state index contributed by atoms with van der Waals surface area (Å²) in [5.41, 5.74) is 0. The molecule has 0 saturated carbocycles. The summed E-state index contributed by atoms with van der Waals surface area (Å²) in [6.07, 6.45) is 4.45. The van der Waals surface area contributed by atoms with Crippen LogP contribution in [0.4, 0.5) is 5.13 Å². The summed E-state index contributed by atoms with van der Waals surface area (Å²) in [6, 6.07) is 0. The fourth-order valence-corrected chi connectivity index (χ4v) is 2.10. The van der Waals surface area contributed by atoms with Gasteiger partial charge in [0.25, 0.3) is 0 Å². The summed E-state index contributed by atoms with van der Waals surface area (Å²) < 4.78 is 1.74. The fourth-order valence-electron chi connectivity index (χ4n) is 1.18. The van der Waals surface area contributed by atoms with E-state index in [2.05, 4.69) is 27.5 Å². The largest absolute Gasteiger partial charge is 0.360 e. The predicted molar refractivity (Wildman–Crippen MR) is 65.0 cm³/mol. The molecule has 0 amide bonds. The first kappa shape index (κ1) is 11.3. The summed E-state index contributed by atoms with van der Waals surface area (Å²) >= 11 is 7.31. The van der Waals surface area contributed by atoms with Crippen LogP contribution in [0.2, 0.25) is 5.02 Å². The van der Waals surface area contributed by atoms with Crippen LogP contribution in [0.5, 0.6) is 0 Å². The molecule has 0 aliphatic carbocycles. The molecule has 0 fully saturated rings. The zero-order valence-corrected chi connectivity index (χ0v) is 10.4. The van der Waals surface area contributed by atoms with Gasteiger partial charge in [-0.25, -0.2) is 0 Å². The number of hydrogen-bond acceptors (Lipinski definition) is 5. The van der Waals surface area contributed by atoms with E-state index >= 15 is 0 Å². The molecule has 0 aliphatic heterocycles. The average molecular weight is 258 g/mol. The summed E-state index contributed by atoms with van der Waals surface area (Å²) in [5.74, 6) is 0. The first-order chi connectivity index (χ1) is 7.78. The zero-order chi connectivity index (χ0) is 11.4. The number of anilines is 1. The van der Waals surface area contributed by atoms with Crippen LogP contribution in [-0.4, -0.2) is 26.5 Å². The van der Waals surface area contributed by atoms with Gasteiger partial charge in [0, 0.05) is 12.7 Å². The normalized spacial score (nSPS) is 10.6. The number of hydrogen-bond donors (Lipinski definition) is 1. The molecule has 0 aliphatic rings. The lowest BCUT2D eigenvalue weighted by molar-refractivity contribution is 0.677. The second kappa shape index (κ2) is 5.27. The van der Waals surface area contributed by atoms with Crippen molar-refractivity contribution in [3.8, 4) is 0 Å². The quantitative estimate of drug-likeness (QED) is 0.893. The second-order valence-corrected chi connectivity index (χ2v) is 4.78. The maximum absolute atomic E-state index is 5.77. The Morgan fingerprint density at radius 3 is 3.06 bits per heavy atom. The van der Waals surface area contributed by atoms with Crippen LogP contribution < -0.4 is 5.32 Å². The highest BCUT2D eigenvalue weighted by Gasteiger charge is 2.04. The van der Waals surface area contributed by atoms with Gasteiger partial charge in [-0.2, -0.15) is 5.10 Å². The number of nitrogens with one attached hydrogen (secondary N) is 1. The molecule has 0 unspecified atom stereocenters. The van der Waals surface area contributed by atoms with Gasteiger partial charge in [0.2, 0.25) is 5.13 Å². The summed E-state index contributed by atoms with van der Waals surface area (Å²) in [6.45, 7) is 3.64. The van der Waals surface area contributed by atoms with Gasteiger partial charge in [-0.05, 0) is 6.42 Å². The molecular formula is C9H12ClN5S. The summed E-state index contributed by atoms with van der Waals surface area (Å²) in [4.78, 5) is 0. The minimum atomic E-state index is 0.609. The van der Waals surface area contributed by atoms with Crippen molar-refractivity contribution in [1.29, 1.82) is 0 Å². The third kappa shape index (κ3) is 2.93. The topological polar surface area (TPSA) is 55.6 Å². The van der Waals surface area contributed by atoms with Gasteiger partial charge in [0.1, 0.15) is 5.01 Å². The van der Waals surface area contributed by atoms with E-state index in [0.29, 0.717) is 11.6 Å². The van der Waals surface area contributed by atoms with Crippen LogP contribution >= 0.6 is 22.9 Å². The lowest BCUT2D eigenvalue weighted by Gasteiger charge is -1.96. The Hall–Kier alpha value is -1.14. The van der Waals surface area contributed by atoms with Crippen LogP contribution in [-0.2, 0) is 6.54 Å². The summed E-state index contributed by atoms with van der Waals surface area (Å²) in [7, 11) is 0. The van der Waals surface area contributed by atoms with E-state index in [1.54, 1.807) is 17.1 Å². The summed E-state index contributed by atoms with van der Waals surface area (Å²) in [5, 5.41) is 17.8. The number of aromatic nitrogens is 4. The second-order valence-electron chi connectivity index (χ2n) is 3.28. The lowest BCUT2D eigenvalue weighted by atomic mass is 10.5. The van der Waals surface area contributed by atoms with Crippen molar-refractivity contribution in [2.24, 2.45) is 0 Å². The number of rotatable bonds is 5. The lowest BCUT2D eigenvalue weighted by Crippen LogP contribution is -1.98. The molecule has 16 heavy (non-hydrogen) atoms. The average Bonchev–Trinajstić information content (AvgIpc) is 2.86. The molecule has 7 heteroatoms. The molecule has 0 bridgehead atoms. The van der Waals surface area contributed by atoms with E-state index in [0.717, 1.165) is 23.1 Å². The van der Waals surface area contributed by atoms with Crippen molar-refractivity contribution < 1.29 is 0 Å². The highest BCUT2D eigenvalue weighted by atomic mass is 35.5. The Morgan fingerprint density at radius 2 is 2.38 bits per heavy atom. The van der Waals surface area contributed by atoms with Crippen molar-refractivity contribution in [1.82, 2.24) is 20.0 Å². The highest BCUT2D eigenvalue weighted by Crippen LogP contribution is 2.16. The number of halogens is 1. The SMILES string of the molecule is CCCNc1nnc(Cn2cc(Cl)cn2)s1. The van der Waals surface area contributed by atoms with E-state index < -0.39 is 0 Å². The van der Waals surface area contributed by atoms with Crippen molar-refractivity contribution in [3.05, 3.63) is 22.4 Å². The Balaban J connectivity index is 1.97. The van der Waals surface area contributed by atoms with Gasteiger partial charge >= 0.3 is 0 Å². The number of nitrogens with zero attached hydrogens (tertiary/aromatic N) is 4. The minimum absolute atomic E-state index is 0.609. The van der Waals surface area contributed by atoms with Crippen LogP contribution in [0.1, 0.15) is 18.4 Å². The maximum atomic E-state index is 5.77. The highest BCUT2D eigenvalue weighted by molar-refractivity contribution is 7.15. The smallest absolute Gasteiger partial charge is 0.205 e. The fraction of sp³-hybridized carbons (Fsp3) is 0.444. The van der Waals surface area contributed by atoms with Crippen LogP contribution in [0.25, 0.3) is 0 Å². The van der Waals surface area contributed by atoms with E-state index in [1.807, 2.05) is 0 Å². The van der Waals surface area contributed by atoms with Crippen LogP contribution in [0, 0.1) is 0 Å². The van der Waals surface area contributed by atoms with Crippen LogP contribution in [0.15, 0.2) is 12.4 Å². The Kier molecular flexibility index (Phi) is 3.74. The molecule has 1 N–H and O–H groups in total. The van der Waals surface area contributed by atoms with Gasteiger partial charge in [-0.3, -0.25) is 4.68 Å². The third-order valence-corrected chi connectivity index (χ3v) is 2.95. The molecule has 2 aromatic rings.